The van der Waals surface area contributed by atoms with Crippen molar-refractivity contribution in [2.24, 2.45) is 0 Å². The molecule has 0 bridgehead atoms. The van der Waals surface area contributed by atoms with Gasteiger partial charge in [0.2, 0.25) is 11.8 Å². The molecule has 1 N–H and O–H groups in total. The smallest absolute Gasteiger partial charge is 0.262 e. The minimum absolute atomic E-state index is 0.0355. The predicted molar refractivity (Wildman–Crippen MR) is 164 cm³/mol. The summed E-state index contributed by atoms with van der Waals surface area (Å²) in [5, 5.41) is 0.939. The first-order valence-corrected chi connectivity index (χ1v) is 15.7. The Morgan fingerprint density at radius 1 is 1.02 bits per heavy atom. The maximum Gasteiger partial charge on any atom is 0.262 e. The molecule has 42 heavy (non-hydrogen) atoms. The standard InChI is InChI=1S/C32H35N5O4S/c1-21(2)37-28-20-33-26-12-11-22(17-25(26)29(28)32(13-14-32)31(37)38)23-18-27(30(34-19-23)41-16-8-15-36(3)4)35-42(39,40)24-9-6-5-7-10-24/h5-7,9-12,17-21,35H,8,13-16H2,1-4H3. The molecule has 1 amide bonds. The highest BCUT2D eigenvalue weighted by atomic mass is 32.2. The van der Waals surface area contributed by atoms with Gasteiger partial charge in [-0.1, -0.05) is 24.3 Å². The molecule has 0 radical (unpaired) electrons. The Kier molecular flexibility index (Phi) is 7.14. The van der Waals surface area contributed by atoms with Crippen LogP contribution in [0.2, 0.25) is 0 Å². The summed E-state index contributed by atoms with van der Waals surface area (Å²) in [5.41, 5.74) is 4.10. The fraction of sp³-hybridized carbons (Fsp3) is 0.344. The summed E-state index contributed by atoms with van der Waals surface area (Å²) in [6, 6.07) is 16.0. The first-order valence-electron chi connectivity index (χ1n) is 14.2. The number of sulfonamides is 1. The molecule has 0 atom stereocenters. The molecular formula is C32H35N5O4S. The molecule has 1 aliphatic carbocycles. The van der Waals surface area contributed by atoms with Crippen LogP contribution in [0.3, 0.4) is 0 Å². The van der Waals surface area contributed by atoms with Crippen molar-refractivity contribution in [2.45, 2.75) is 49.5 Å². The molecule has 1 saturated carbocycles. The van der Waals surface area contributed by atoms with E-state index < -0.39 is 15.4 Å². The SMILES string of the molecule is CC(C)N1C(=O)C2(CC2)c2c1cnc1ccc(-c3cnc(OCCCN(C)C)c(NS(=O)(=O)c4ccccc4)c3)cc21. The molecule has 0 unspecified atom stereocenters. The van der Waals surface area contributed by atoms with Crippen molar-refractivity contribution in [1.29, 1.82) is 0 Å². The molecule has 2 aliphatic rings. The van der Waals surface area contributed by atoms with Gasteiger partial charge in [0.05, 0.1) is 34.3 Å². The van der Waals surface area contributed by atoms with Gasteiger partial charge in [-0.15, -0.1) is 0 Å². The summed E-state index contributed by atoms with van der Waals surface area (Å²) in [4.78, 5) is 26.8. The zero-order chi connectivity index (χ0) is 29.6. The monoisotopic (exact) mass is 585 g/mol. The van der Waals surface area contributed by atoms with Crippen LogP contribution in [0.25, 0.3) is 22.0 Å². The third kappa shape index (κ3) is 4.98. The van der Waals surface area contributed by atoms with Crippen LogP contribution in [0.5, 0.6) is 5.88 Å². The molecule has 218 valence electrons. The molecule has 9 nitrogen and oxygen atoms in total. The van der Waals surface area contributed by atoms with Crippen molar-refractivity contribution in [1.82, 2.24) is 14.9 Å². The van der Waals surface area contributed by atoms with Crippen molar-refractivity contribution in [3.63, 3.8) is 0 Å². The lowest BCUT2D eigenvalue weighted by Crippen LogP contribution is -2.37. The summed E-state index contributed by atoms with van der Waals surface area (Å²) >= 11 is 0. The van der Waals surface area contributed by atoms with Gasteiger partial charge in [0.1, 0.15) is 5.69 Å². The zero-order valence-corrected chi connectivity index (χ0v) is 25.1. The van der Waals surface area contributed by atoms with Crippen LogP contribution < -0.4 is 14.4 Å². The lowest BCUT2D eigenvalue weighted by atomic mass is 9.92. The Morgan fingerprint density at radius 2 is 1.79 bits per heavy atom. The van der Waals surface area contributed by atoms with Crippen LogP contribution in [0, 0.1) is 0 Å². The molecule has 1 aliphatic heterocycles. The minimum Gasteiger partial charge on any atom is -0.476 e. The third-order valence-corrected chi connectivity index (χ3v) is 9.33. The minimum atomic E-state index is -3.88. The Bertz CT molecular complexity index is 1770. The number of pyridine rings is 2. The number of nitrogens with zero attached hydrogens (tertiary/aromatic N) is 4. The first-order chi connectivity index (χ1) is 20.1. The lowest BCUT2D eigenvalue weighted by molar-refractivity contribution is -0.120. The Morgan fingerprint density at radius 3 is 2.48 bits per heavy atom. The molecule has 2 aromatic heterocycles. The van der Waals surface area contributed by atoms with E-state index in [2.05, 4.69) is 14.6 Å². The lowest BCUT2D eigenvalue weighted by Gasteiger charge is -2.22. The van der Waals surface area contributed by atoms with Crippen LogP contribution >= 0.6 is 0 Å². The zero-order valence-electron chi connectivity index (χ0n) is 24.3. The number of hydrogen-bond donors (Lipinski definition) is 1. The summed E-state index contributed by atoms with van der Waals surface area (Å²) in [6.45, 7) is 5.27. The number of amides is 1. The highest BCUT2D eigenvalue weighted by molar-refractivity contribution is 7.92. The fourth-order valence-corrected chi connectivity index (χ4v) is 6.82. The van der Waals surface area contributed by atoms with Gasteiger partial charge in [0.15, 0.2) is 0 Å². The summed E-state index contributed by atoms with van der Waals surface area (Å²) in [5.74, 6) is 0.373. The van der Waals surface area contributed by atoms with E-state index in [0.29, 0.717) is 6.61 Å². The summed E-state index contributed by atoms with van der Waals surface area (Å²) < 4.78 is 35.2. The van der Waals surface area contributed by atoms with Crippen molar-refractivity contribution in [2.75, 3.05) is 36.9 Å². The molecule has 0 saturated heterocycles. The molecule has 4 aromatic rings. The predicted octanol–water partition coefficient (Wildman–Crippen LogP) is 5.21. The Hall–Kier alpha value is -4.02. The largest absolute Gasteiger partial charge is 0.476 e. The van der Waals surface area contributed by atoms with Crippen LogP contribution in [-0.2, 0) is 20.2 Å². The molecule has 1 fully saturated rings. The van der Waals surface area contributed by atoms with Gasteiger partial charge in [-0.05, 0) is 83.1 Å². The van der Waals surface area contributed by atoms with E-state index >= 15 is 0 Å². The number of hydrogen-bond acceptors (Lipinski definition) is 7. The van der Waals surface area contributed by atoms with Gasteiger partial charge in [-0.2, -0.15) is 0 Å². The third-order valence-electron chi connectivity index (χ3n) is 7.95. The van der Waals surface area contributed by atoms with Crippen molar-refractivity contribution in [3.8, 4) is 17.0 Å². The topological polar surface area (TPSA) is 105 Å². The van der Waals surface area contributed by atoms with Gasteiger partial charge in [0.25, 0.3) is 10.0 Å². The van der Waals surface area contributed by atoms with Crippen molar-refractivity contribution >= 4 is 38.2 Å². The number of rotatable bonds is 10. The Balaban J connectivity index is 1.41. The van der Waals surface area contributed by atoms with E-state index in [1.807, 2.05) is 57.2 Å². The van der Waals surface area contributed by atoms with Gasteiger partial charge >= 0.3 is 0 Å². The average molecular weight is 586 g/mol. The Labute approximate surface area is 246 Å². The number of fused-ring (bicyclic) bond motifs is 4. The number of carbonyl (C=O) groups excluding carboxylic acids is 1. The molecule has 3 heterocycles. The van der Waals surface area contributed by atoms with Gasteiger partial charge < -0.3 is 14.5 Å². The van der Waals surface area contributed by atoms with Crippen LogP contribution in [0.4, 0.5) is 11.4 Å². The molecule has 6 rings (SSSR count). The highest BCUT2D eigenvalue weighted by Gasteiger charge is 2.60. The first kappa shape index (κ1) is 28.1. The normalized spacial score (nSPS) is 15.6. The fourth-order valence-electron chi connectivity index (χ4n) is 5.75. The number of aromatic nitrogens is 2. The second-order valence-electron chi connectivity index (χ2n) is 11.6. The van der Waals surface area contributed by atoms with E-state index in [9.17, 15) is 13.2 Å². The van der Waals surface area contributed by atoms with E-state index in [4.69, 9.17) is 9.72 Å². The van der Waals surface area contributed by atoms with E-state index in [1.54, 1.807) is 42.6 Å². The van der Waals surface area contributed by atoms with E-state index in [-0.39, 0.29) is 28.4 Å². The summed E-state index contributed by atoms with van der Waals surface area (Å²) in [6.07, 6.45) is 5.94. The molecule has 1 spiro atoms. The second kappa shape index (κ2) is 10.7. The number of carbonyl (C=O) groups is 1. The maximum atomic E-state index is 13.5. The second-order valence-corrected chi connectivity index (χ2v) is 13.3. The van der Waals surface area contributed by atoms with Crippen molar-refractivity contribution < 1.29 is 17.9 Å². The van der Waals surface area contributed by atoms with Crippen LogP contribution in [0.15, 0.2) is 71.9 Å². The number of nitrogens with one attached hydrogen (secondary N) is 1. The molecule has 2 aromatic carbocycles. The van der Waals surface area contributed by atoms with Gasteiger partial charge in [-0.25, -0.2) is 13.4 Å². The van der Waals surface area contributed by atoms with Gasteiger partial charge in [0, 0.05) is 35.3 Å². The number of ether oxygens (including phenoxy) is 1. The van der Waals surface area contributed by atoms with Crippen molar-refractivity contribution in [3.05, 3.63) is 72.6 Å². The maximum absolute atomic E-state index is 13.5. The highest BCUT2D eigenvalue weighted by Crippen LogP contribution is 2.59. The van der Waals surface area contributed by atoms with E-state index in [0.717, 1.165) is 59.1 Å². The quantitative estimate of drug-likeness (QED) is 0.255. The average Bonchev–Trinajstić information content (AvgIpc) is 3.72. The molecular weight excluding hydrogens is 550 g/mol. The summed E-state index contributed by atoms with van der Waals surface area (Å²) in [7, 11) is 0.0963. The van der Waals surface area contributed by atoms with Gasteiger partial charge in [-0.3, -0.25) is 14.5 Å². The van der Waals surface area contributed by atoms with Crippen LogP contribution in [0.1, 0.15) is 38.7 Å². The number of benzene rings is 2. The van der Waals surface area contributed by atoms with Crippen LogP contribution in [-0.4, -0.2) is 62.5 Å². The molecule has 10 heteroatoms. The number of anilines is 2. The van der Waals surface area contributed by atoms with E-state index in [1.165, 1.54) is 0 Å².